The number of nitrogens with one attached hydrogen (secondary N) is 2. The minimum atomic E-state index is -0.575. The molecule has 2 N–H and O–H groups in total. The lowest BCUT2D eigenvalue weighted by atomic mass is 9.90. The van der Waals surface area contributed by atoms with Gasteiger partial charge in [-0.1, -0.05) is 48.2 Å². The van der Waals surface area contributed by atoms with Crippen LogP contribution in [0.5, 0.6) is 0 Å². The minimum Gasteiger partial charge on any atom is -0.326 e. The number of thioether (sulfide) groups is 1. The number of rotatable bonds is 5. The molecule has 4 rings (SSSR count). The lowest BCUT2D eigenvalue weighted by molar-refractivity contribution is -0.122. The van der Waals surface area contributed by atoms with E-state index < -0.39 is 5.25 Å². The van der Waals surface area contributed by atoms with E-state index in [1.807, 2.05) is 18.2 Å². The molecule has 1 heterocycles. The van der Waals surface area contributed by atoms with Gasteiger partial charge in [0, 0.05) is 23.2 Å². The van der Waals surface area contributed by atoms with Gasteiger partial charge in [0.15, 0.2) is 11.0 Å². The van der Waals surface area contributed by atoms with Gasteiger partial charge in [-0.05, 0) is 43.9 Å². The molecule has 0 radical (unpaired) electrons. The third-order valence-electron chi connectivity index (χ3n) is 5.15. The number of benzene rings is 2. The number of fused-ring (bicyclic) bond motifs is 1. The Balaban J connectivity index is 1.39. The fraction of sp³-hybridized carbons (Fsp3) is 0.261. The lowest BCUT2D eigenvalue weighted by Gasteiger charge is -2.16. The summed E-state index contributed by atoms with van der Waals surface area (Å²) in [4.78, 5) is 36.2. The van der Waals surface area contributed by atoms with Gasteiger partial charge in [-0.15, -0.1) is 5.10 Å². The third-order valence-corrected chi connectivity index (χ3v) is 6.22. The van der Waals surface area contributed by atoms with E-state index in [4.69, 9.17) is 0 Å². The highest BCUT2D eigenvalue weighted by Crippen LogP contribution is 2.25. The van der Waals surface area contributed by atoms with E-state index >= 15 is 0 Å². The van der Waals surface area contributed by atoms with Crippen LogP contribution in [0.4, 0.5) is 5.69 Å². The second-order valence-corrected chi connectivity index (χ2v) is 8.64. The number of carbonyl (C=O) groups excluding carboxylic acids is 3. The van der Waals surface area contributed by atoms with E-state index in [1.165, 1.54) is 24.2 Å². The largest absolute Gasteiger partial charge is 0.326 e. The van der Waals surface area contributed by atoms with E-state index in [2.05, 4.69) is 26.9 Å². The van der Waals surface area contributed by atoms with E-state index in [-0.39, 0.29) is 24.0 Å². The summed E-state index contributed by atoms with van der Waals surface area (Å²) >= 11 is 1.20. The first kappa shape index (κ1) is 21.0. The molecule has 0 aromatic heterocycles. The Morgan fingerprint density at radius 1 is 1.13 bits per heavy atom. The van der Waals surface area contributed by atoms with Crippen molar-refractivity contribution in [3.05, 3.63) is 65.2 Å². The van der Waals surface area contributed by atoms with Crippen LogP contribution in [0.1, 0.15) is 47.7 Å². The number of aryl methyl sites for hydroxylation is 1. The first-order valence-corrected chi connectivity index (χ1v) is 11.0. The number of anilines is 1. The van der Waals surface area contributed by atoms with Gasteiger partial charge in [0.05, 0.1) is 5.71 Å². The highest BCUT2D eigenvalue weighted by atomic mass is 32.2. The number of ketones is 1. The first-order valence-electron chi connectivity index (χ1n) is 10.1. The first-order chi connectivity index (χ1) is 15.0. The fourth-order valence-corrected chi connectivity index (χ4v) is 4.51. The molecule has 1 aliphatic heterocycles. The molecular formula is C23H22N4O3S. The zero-order valence-electron chi connectivity index (χ0n) is 17.1. The molecule has 0 bridgehead atoms. The number of hydrogen-bond acceptors (Lipinski definition) is 6. The van der Waals surface area contributed by atoms with Crippen LogP contribution in [0.25, 0.3) is 0 Å². The van der Waals surface area contributed by atoms with Crippen LogP contribution in [0, 0.1) is 0 Å². The highest BCUT2D eigenvalue weighted by molar-refractivity contribution is 8.15. The summed E-state index contributed by atoms with van der Waals surface area (Å²) in [5, 5.41) is 13.9. The second-order valence-electron chi connectivity index (χ2n) is 7.45. The zero-order valence-corrected chi connectivity index (χ0v) is 17.9. The Bertz CT molecular complexity index is 1110. The Morgan fingerprint density at radius 2 is 1.97 bits per heavy atom. The molecule has 0 saturated carbocycles. The normalized spacial score (nSPS) is 20.4. The maximum Gasteiger partial charge on any atom is 0.240 e. The van der Waals surface area contributed by atoms with Gasteiger partial charge in [-0.2, -0.15) is 5.10 Å². The maximum absolute atomic E-state index is 12.4. The molecule has 1 fully saturated rings. The Kier molecular flexibility index (Phi) is 6.27. The summed E-state index contributed by atoms with van der Waals surface area (Å²) in [6, 6.07) is 14.9. The number of nitrogens with zero attached hydrogens (tertiary/aromatic N) is 2. The topological polar surface area (TPSA) is 100.0 Å². The minimum absolute atomic E-state index is 0.000770. The maximum atomic E-state index is 12.4. The molecule has 8 heteroatoms. The van der Waals surface area contributed by atoms with Gasteiger partial charge in [-0.25, -0.2) is 0 Å². The number of amides is 2. The molecule has 0 spiro atoms. The molecule has 2 aromatic rings. The molecule has 2 aromatic carbocycles. The van der Waals surface area contributed by atoms with E-state index in [1.54, 1.807) is 24.3 Å². The Labute approximate surface area is 184 Å². The van der Waals surface area contributed by atoms with Crippen molar-refractivity contribution in [2.45, 2.75) is 37.9 Å². The summed E-state index contributed by atoms with van der Waals surface area (Å²) in [5.41, 5.74) is 4.33. The highest BCUT2D eigenvalue weighted by Gasteiger charge is 2.32. The smallest absolute Gasteiger partial charge is 0.240 e. The molecular weight excluding hydrogens is 412 g/mol. The molecule has 1 atom stereocenters. The van der Waals surface area contributed by atoms with Gasteiger partial charge >= 0.3 is 0 Å². The standard InChI is InChI=1S/C23H22N4O3S/c1-14(28)16-8-4-9-17(12-16)24-21(29)13-20-22(30)25-23(31-20)27-26-19-11-5-7-15-6-2-3-10-18(15)19/h2-4,6,8-10,12,20H,5,7,11,13H2,1H3,(H,24,29)(H,25,27,30)/t20-/m1/s1. The van der Waals surface area contributed by atoms with Crippen LogP contribution < -0.4 is 10.6 Å². The van der Waals surface area contributed by atoms with Gasteiger partial charge in [0.2, 0.25) is 11.8 Å². The number of carbonyl (C=O) groups is 3. The summed E-state index contributed by atoms with van der Waals surface area (Å²) in [5.74, 6) is -0.646. The second kappa shape index (κ2) is 9.26. The van der Waals surface area contributed by atoms with Crippen LogP contribution in [0.2, 0.25) is 0 Å². The van der Waals surface area contributed by atoms with Gasteiger partial charge in [0.25, 0.3) is 0 Å². The lowest BCUT2D eigenvalue weighted by Crippen LogP contribution is -2.28. The third kappa shape index (κ3) is 5.08. The number of amidine groups is 1. The number of hydrogen-bond donors (Lipinski definition) is 2. The molecule has 2 amide bonds. The Hall–Kier alpha value is -3.26. The quantitative estimate of drug-likeness (QED) is 0.555. The predicted molar refractivity (Wildman–Crippen MR) is 123 cm³/mol. The number of Topliss-reactive ketones (excluding diaryl/α,β-unsaturated/α-hetero) is 1. The van der Waals surface area contributed by atoms with Gasteiger partial charge < -0.3 is 10.6 Å². The zero-order chi connectivity index (χ0) is 21.8. The molecule has 7 nitrogen and oxygen atoms in total. The summed E-state index contributed by atoms with van der Waals surface area (Å²) in [7, 11) is 0. The van der Waals surface area contributed by atoms with Crippen LogP contribution in [0.3, 0.4) is 0 Å². The molecule has 1 aliphatic carbocycles. The molecule has 158 valence electrons. The van der Waals surface area contributed by atoms with Crippen LogP contribution in [0.15, 0.2) is 58.7 Å². The predicted octanol–water partition coefficient (Wildman–Crippen LogP) is 3.55. The van der Waals surface area contributed by atoms with Crippen molar-refractivity contribution < 1.29 is 14.4 Å². The van der Waals surface area contributed by atoms with Crippen molar-refractivity contribution in [1.29, 1.82) is 0 Å². The molecule has 0 unspecified atom stereocenters. The average Bonchev–Trinajstić information content (AvgIpc) is 3.11. The van der Waals surface area contributed by atoms with E-state index in [0.29, 0.717) is 16.4 Å². The summed E-state index contributed by atoms with van der Waals surface area (Å²) in [6.07, 6.45) is 2.90. The summed E-state index contributed by atoms with van der Waals surface area (Å²) < 4.78 is 0. The molecule has 2 aliphatic rings. The summed E-state index contributed by atoms with van der Waals surface area (Å²) in [6.45, 7) is 1.47. The van der Waals surface area contributed by atoms with Crippen molar-refractivity contribution in [2.75, 3.05) is 5.32 Å². The van der Waals surface area contributed by atoms with Crippen LogP contribution in [-0.4, -0.2) is 33.7 Å². The van der Waals surface area contributed by atoms with Crippen molar-refractivity contribution in [3.63, 3.8) is 0 Å². The SMILES string of the molecule is CC(=O)c1cccc(NC(=O)C[C@H]2SC(=NN=C3CCCc4ccccc43)NC2=O)c1. The Morgan fingerprint density at radius 3 is 2.81 bits per heavy atom. The van der Waals surface area contributed by atoms with Crippen LogP contribution in [-0.2, 0) is 16.0 Å². The van der Waals surface area contributed by atoms with E-state index in [9.17, 15) is 14.4 Å². The monoisotopic (exact) mass is 434 g/mol. The van der Waals surface area contributed by atoms with Crippen molar-refractivity contribution in [1.82, 2.24) is 5.32 Å². The van der Waals surface area contributed by atoms with Crippen molar-refractivity contribution in [3.8, 4) is 0 Å². The van der Waals surface area contributed by atoms with E-state index in [0.717, 1.165) is 30.5 Å². The molecule has 31 heavy (non-hydrogen) atoms. The van der Waals surface area contributed by atoms with Crippen molar-refractivity contribution in [2.24, 2.45) is 10.2 Å². The molecule has 1 saturated heterocycles. The van der Waals surface area contributed by atoms with Crippen LogP contribution >= 0.6 is 11.8 Å². The van der Waals surface area contributed by atoms with Gasteiger partial charge in [-0.3, -0.25) is 14.4 Å². The van der Waals surface area contributed by atoms with Gasteiger partial charge in [0.1, 0.15) is 5.25 Å². The van der Waals surface area contributed by atoms with Crippen molar-refractivity contribution >= 4 is 45.9 Å². The average molecular weight is 435 g/mol. The fourth-order valence-electron chi connectivity index (χ4n) is 3.59.